The number of nitrogens with zero attached hydrogens (tertiary/aromatic N) is 2. The Kier molecular flexibility index (Phi) is 6.07. The van der Waals surface area contributed by atoms with Crippen LogP contribution >= 0.6 is 0 Å². The van der Waals surface area contributed by atoms with E-state index in [1.807, 2.05) is 0 Å². The van der Waals surface area contributed by atoms with Crippen molar-refractivity contribution in [2.24, 2.45) is 0 Å². The predicted octanol–water partition coefficient (Wildman–Crippen LogP) is 2.27. The largest absolute Gasteiger partial charge is 0.374 e. The van der Waals surface area contributed by atoms with Gasteiger partial charge in [-0.3, -0.25) is 4.90 Å². The normalized spacial score (nSPS) is 22.1. The van der Waals surface area contributed by atoms with Crippen LogP contribution in [0.25, 0.3) is 0 Å². The maximum absolute atomic E-state index is 5.92. The lowest BCUT2D eigenvalue weighted by molar-refractivity contribution is -0.0346. The minimum absolute atomic E-state index is 0.313. The molecule has 4 heteroatoms. The fraction of sp³-hybridized carbons (Fsp3) is 0.750. The molecule has 0 radical (unpaired) electrons. The fourth-order valence-corrected chi connectivity index (χ4v) is 2.85. The molecule has 20 heavy (non-hydrogen) atoms. The second kappa shape index (κ2) is 7.81. The molecule has 1 fully saturated rings. The molecule has 1 saturated heterocycles. The Morgan fingerprint density at radius 3 is 3.05 bits per heavy atom. The van der Waals surface area contributed by atoms with Crippen LogP contribution in [0, 0.1) is 0 Å². The molecular formula is C16H29N3O. The minimum Gasteiger partial charge on any atom is -0.374 e. The Balaban J connectivity index is 1.94. The summed E-state index contributed by atoms with van der Waals surface area (Å²) in [6.45, 7) is 12.8. The Bertz CT molecular complexity index is 391. The van der Waals surface area contributed by atoms with Gasteiger partial charge in [0.1, 0.15) is 0 Å². The van der Waals surface area contributed by atoms with Crippen molar-refractivity contribution in [1.29, 1.82) is 0 Å². The molecule has 1 N–H and O–H groups in total. The van der Waals surface area contributed by atoms with Crippen molar-refractivity contribution in [3.05, 3.63) is 24.0 Å². The van der Waals surface area contributed by atoms with Crippen molar-refractivity contribution in [3.63, 3.8) is 0 Å². The summed E-state index contributed by atoms with van der Waals surface area (Å²) in [5, 5.41) is 3.56. The van der Waals surface area contributed by atoms with E-state index >= 15 is 0 Å². The second-order valence-electron chi connectivity index (χ2n) is 5.65. The molecular weight excluding hydrogens is 250 g/mol. The molecule has 0 spiro atoms. The molecule has 0 saturated carbocycles. The molecule has 4 nitrogen and oxygen atoms in total. The molecule has 114 valence electrons. The number of nitrogens with one attached hydrogen (secondary N) is 1. The highest BCUT2D eigenvalue weighted by Gasteiger charge is 2.20. The van der Waals surface area contributed by atoms with Crippen molar-refractivity contribution in [3.8, 4) is 0 Å². The van der Waals surface area contributed by atoms with Crippen molar-refractivity contribution >= 4 is 0 Å². The highest BCUT2D eigenvalue weighted by atomic mass is 16.5. The van der Waals surface area contributed by atoms with Gasteiger partial charge in [-0.1, -0.05) is 13.8 Å². The zero-order chi connectivity index (χ0) is 14.4. The van der Waals surface area contributed by atoms with Crippen molar-refractivity contribution in [1.82, 2.24) is 14.8 Å². The molecule has 2 atom stereocenters. The van der Waals surface area contributed by atoms with Crippen molar-refractivity contribution in [2.75, 3.05) is 32.8 Å². The monoisotopic (exact) mass is 279 g/mol. The summed E-state index contributed by atoms with van der Waals surface area (Å²) < 4.78 is 8.26. The Morgan fingerprint density at radius 1 is 1.45 bits per heavy atom. The van der Waals surface area contributed by atoms with Crippen LogP contribution in [0.3, 0.4) is 0 Å². The Hall–Kier alpha value is -0.840. The molecule has 2 heterocycles. The van der Waals surface area contributed by atoms with E-state index in [2.05, 4.69) is 53.9 Å². The van der Waals surface area contributed by atoms with Gasteiger partial charge in [-0.25, -0.2) is 0 Å². The third kappa shape index (κ3) is 4.08. The Morgan fingerprint density at radius 2 is 2.30 bits per heavy atom. The Labute approximate surface area is 123 Å². The second-order valence-corrected chi connectivity index (χ2v) is 5.65. The average Bonchev–Trinajstić information content (AvgIpc) is 2.93. The zero-order valence-electron chi connectivity index (χ0n) is 13.1. The molecule has 2 unspecified atom stereocenters. The standard InChI is InChI=1S/C16H29N3O/c1-4-8-17-14(3)16-7-6-9-19(16)13-15-12-18(5-2)10-11-20-15/h6-7,9,14-15,17H,4-5,8,10-13H2,1-3H3. The average molecular weight is 279 g/mol. The van der Waals surface area contributed by atoms with Crippen LogP contribution in [-0.4, -0.2) is 48.4 Å². The maximum Gasteiger partial charge on any atom is 0.0881 e. The van der Waals surface area contributed by atoms with Gasteiger partial charge in [-0.05, 0) is 38.6 Å². The quantitative estimate of drug-likeness (QED) is 0.830. The SMILES string of the molecule is CCCNC(C)c1cccn1CC1CN(CC)CCO1. The number of hydrogen-bond donors (Lipinski definition) is 1. The van der Waals surface area contributed by atoms with E-state index in [9.17, 15) is 0 Å². The number of ether oxygens (including phenoxy) is 1. The molecule has 1 aliphatic heterocycles. The highest BCUT2D eigenvalue weighted by Crippen LogP contribution is 2.16. The summed E-state index contributed by atoms with van der Waals surface area (Å²) in [5.74, 6) is 0. The first kappa shape index (κ1) is 15.5. The van der Waals surface area contributed by atoms with Crippen LogP contribution in [0.5, 0.6) is 0 Å². The van der Waals surface area contributed by atoms with Gasteiger partial charge in [0.05, 0.1) is 12.7 Å². The topological polar surface area (TPSA) is 29.4 Å². The van der Waals surface area contributed by atoms with Gasteiger partial charge in [-0.2, -0.15) is 0 Å². The number of hydrogen-bond acceptors (Lipinski definition) is 3. The summed E-state index contributed by atoms with van der Waals surface area (Å²) in [4.78, 5) is 2.47. The molecule has 1 aliphatic rings. The van der Waals surface area contributed by atoms with Crippen molar-refractivity contribution < 1.29 is 4.74 Å². The molecule has 2 rings (SSSR count). The minimum atomic E-state index is 0.313. The number of likely N-dealkylation sites (N-methyl/N-ethyl adjacent to an activating group) is 1. The van der Waals surface area contributed by atoms with Gasteiger partial charge in [0.15, 0.2) is 0 Å². The van der Waals surface area contributed by atoms with E-state index < -0.39 is 0 Å². The summed E-state index contributed by atoms with van der Waals surface area (Å²) in [6.07, 6.45) is 3.66. The lowest BCUT2D eigenvalue weighted by Crippen LogP contribution is -2.44. The van der Waals surface area contributed by atoms with Gasteiger partial charge in [-0.15, -0.1) is 0 Å². The predicted molar refractivity (Wildman–Crippen MR) is 83.0 cm³/mol. The lowest BCUT2D eigenvalue weighted by atomic mass is 10.2. The zero-order valence-corrected chi connectivity index (χ0v) is 13.1. The first-order chi connectivity index (χ1) is 9.74. The first-order valence-corrected chi connectivity index (χ1v) is 7.97. The third-order valence-electron chi connectivity index (χ3n) is 4.08. The number of aromatic nitrogens is 1. The third-order valence-corrected chi connectivity index (χ3v) is 4.08. The molecule has 0 bridgehead atoms. The number of morpholine rings is 1. The van der Waals surface area contributed by atoms with Crippen LogP contribution in [0.15, 0.2) is 18.3 Å². The molecule has 1 aromatic heterocycles. The van der Waals surface area contributed by atoms with Gasteiger partial charge < -0.3 is 14.6 Å². The smallest absolute Gasteiger partial charge is 0.0881 e. The maximum atomic E-state index is 5.92. The van der Waals surface area contributed by atoms with Gasteiger partial charge in [0.25, 0.3) is 0 Å². The van der Waals surface area contributed by atoms with Gasteiger partial charge in [0.2, 0.25) is 0 Å². The summed E-state index contributed by atoms with van der Waals surface area (Å²) in [5.41, 5.74) is 1.36. The molecule has 0 aromatic carbocycles. The van der Waals surface area contributed by atoms with E-state index in [0.717, 1.165) is 39.3 Å². The van der Waals surface area contributed by atoms with E-state index in [4.69, 9.17) is 4.74 Å². The molecule has 1 aromatic rings. The van der Waals surface area contributed by atoms with Crippen LogP contribution in [0.4, 0.5) is 0 Å². The van der Waals surface area contributed by atoms with E-state index in [-0.39, 0.29) is 0 Å². The highest BCUT2D eigenvalue weighted by molar-refractivity contribution is 5.11. The van der Waals surface area contributed by atoms with E-state index in [1.165, 1.54) is 12.1 Å². The van der Waals surface area contributed by atoms with Crippen LogP contribution in [0.1, 0.15) is 38.9 Å². The summed E-state index contributed by atoms with van der Waals surface area (Å²) in [6, 6.07) is 4.75. The first-order valence-electron chi connectivity index (χ1n) is 7.97. The van der Waals surface area contributed by atoms with Crippen LogP contribution < -0.4 is 5.32 Å². The molecule has 0 aliphatic carbocycles. The molecule has 0 amide bonds. The van der Waals surface area contributed by atoms with Crippen molar-refractivity contribution in [2.45, 2.75) is 45.9 Å². The van der Waals surface area contributed by atoms with E-state index in [0.29, 0.717) is 12.1 Å². The van der Waals surface area contributed by atoms with Crippen LogP contribution in [0.2, 0.25) is 0 Å². The van der Waals surface area contributed by atoms with E-state index in [1.54, 1.807) is 0 Å². The van der Waals surface area contributed by atoms with Crippen LogP contribution in [-0.2, 0) is 11.3 Å². The van der Waals surface area contributed by atoms with Gasteiger partial charge in [0, 0.05) is 37.6 Å². The summed E-state index contributed by atoms with van der Waals surface area (Å²) in [7, 11) is 0. The summed E-state index contributed by atoms with van der Waals surface area (Å²) >= 11 is 0. The fourth-order valence-electron chi connectivity index (χ4n) is 2.85. The van der Waals surface area contributed by atoms with Gasteiger partial charge >= 0.3 is 0 Å². The number of rotatable bonds is 7. The lowest BCUT2D eigenvalue weighted by Gasteiger charge is -2.33.